The van der Waals surface area contributed by atoms with Crippen molar-refractivity contribution in [3.63, 3.8) is 0 Å². The topological polar surface area (TPSA) is 51.1 Å². The Kier molecular flexibility index (Phi) is 2.90. The van der Waals surface area contributed by atoms with Crippen molar-refractivity contribution < 1.29 is 4.74 Å². The monoisotopic (exact) mass is 242 g/mol. The first kappa shape index (κ1) is 11.1. The molecule has 0 radical (unpaired) electrons. The van der Waals surface area contributed by atoms with E-state index in [-0.39, 0.29) is 0 Å². The maximum Gasteiger partial charge on any atom is 0.156 e. The van der Waals surface area contributed by atoms with Crippen LogP contribution in [0, 0.1) is 0 Å². The molecule has 0 saturated carbocycles. The van der Waals surface area contributed by atoms with Crippen molar-refractivity contribution in [2.45, 2.75) is 13.0 Å². The van der Waals surface area contributed by atoms with Gasteiger partial charge in [-0.3, -0.25) is 4.98 Å². The first-order valence-corrected chi connectivity index (χ1v) is 5.90. The number of pyridine rings is 1. The molecule has 0 N–H and O–H groups in total. The summed E-state index contributed by atoms with van der Waals surface area (Å²) in [5.41, 5.74) is 2.46. The fraction of sp³-hybridized carbons (Fsp3) is 0.308. The number of hydrogen-bond acceptors (Lipinski definition) is 5. The average Bonchev–Trinajstić information content (AvgIpc) is 2.83. The fourth-order valence-corrected chi connectivity index (χ4v) is 2.20. The smallest absolute Gasteiger partial charge is 0.156 e. The number of aromatic nitrogens is 3. The summed E-state index contributed by atoms with van der Waals surface area (Å²) in [7, 11) is 1.65. The van der Waals surface area contributed by atoms with Gasteiger partial charge in [0.1, 0.15) is 12.4 Å². The van der Waals surface area contributed by atoms with Gasteiger partial charge in [-0.1, -0.05) is 0 Å². The van der Waals surface area contributed by atoms with Crippen LogP contribution in [0.4, 0.5) is 11.5 Å². The van der Waals surface area contributed by atoms with E-state index in [1.807, 2.05) is 24.5 Å². The molecule has 2 aromatic rings. The van der Waals surface area contributed by atoms with E-state index >= 15 is 0 Å². The van der Waals surface area contributed by atoms with E-state index < -0.39 is 0 Å². The Morgan fingerprint density at radius 2 is 2.28 bits per heavy atom. The van der Waals surface area contributed by atoms with Crippen molar-refractivity contribution in [2.24, 2.45) is 0 Å². The maximum absolute atomic E-state index is 5.06. The third-order valence-electron chi connectivity index (χ3n) is 3.01. The Balaban J connectivity index is 1.94. The van der Waals surface area contributed by atoms with Gasteiger partial charge in [-0.25, -0.2) is 9.97 Å². The number of nitrogens with zero attached hydrogens (tertiary/aromatic N) is 4. The molecule has 2 aromatic heterocycles. The molecule has 92 valence electrons. The Bertz CT molecular complexity index is 558. The van der Waals surface area contributed by atoms with Gasteiger partial charge in [0.25, 0.3) is 0 Å². The zero-order chi connectivity index (χ0) is 12.4. The maximum atomic E-state index is 5.06. The third-order valence-corrected chi connectivity index (χ3v) is 3.01. The predicted octanol–water partition coefficient (Wildman–Crippen LogP) is 1.71. The lowest BCUT2D eigenvalue weighted by Crippen LogP contribution is -2.15. The van der Waals surface area contributed by atoms with Crippen LogP contribution in [0.1, 0.15) is 11.4 Å². The van der Waals surface area contributed by atoms with Gasteiger partial charge in [0.15, 0.2) is 5.82 Å². The van der Waals surface area contributed by atoms with Crippen LogP contribution in [0.15, 0.2) is 30.7 Å². The van der Waals surface area contributed by atoms with Gasteiger partial charge in [0.2, 0.25) is 0 Å². The van der Waals surface area contributed by atoms with Gasteiger partial charge in [0, 0.05) is 37.9 Å². The van der Waals surface area contributed by atoms with Gasteiger partial charge in [-0.05, 0) is 24.1 Å². The molecule has 0 spiro atoms. The summed E-state index contributed by atoms with van der Waals surface area (Å²) >= 11 is 0. The van der Waals surface area contributed by atoms with Gasteiger partial charge in [-0.2, -0.15) is 0 Å². The van der Waals surface area contributed by atoms with Crippen molar-refractivity contribution >= 4 is 11.5 Å². The highest BCUT2D eigenvalue weighted by atomic mass is 16.5. The third kappa shape index (κ3) is 1.93. The molecular formula is C13H14N4O. The molecule has 0 aliphatic carbocycles. The van der Waals surface area contributed by atoms with Gasteiger partial charge in [0.05, 0.1) is 0 Å². The van der Waals surface area contributed by atoms with Crippen molar-refractivity contribution in [2.75, 3.05) is 18.6 Å². The molecule has 0 saturated heterocycles. The van der Waals surface area contributed by atoms with E-state index in [9.17, 15) is 0 Å². The number of fused-ring (bicyclic) bond motifs is 1. The molecular weight excluding hydrogens is 228 g/mol. The average molecular weight is 242 g/mol. The van der Waals surface area contributed by atoms with E-state index in [1.165, 1.54) is 11.3 Å². The highest BCUT2D eigenvalue weighted by Gasteiger charge is 2.21. The lowest BCUT2D eigenvalue weighted by atomic mass is 10.2. The molecule has 3 heterocycles. The molecule has 1 aliphatic rings. The second-order valence-electron chi connectivity index (χ2n) is 4.17. The molecule has 0 aromatic carbocycles. The minimum Gasteiger partial charge on any atom is -0.377 e. The summed E-state index contributed by atoms with van der Waals surface area (Å²) in [4.78, 5) is 15.0. The summed E-state index contributed by atoms with van der Waals surface area (Å²) in [5.74, 6) is 1.62. The van der Waals surface area contributed by atoms with Crippen LogP contribution in [0.5, 0.6) is 0 Å². The second kappa shape index (κ2) is 4.70. The lowest BCUT2D eigenvalue weighted by molar-refractivity contribution is 0.178. The molecule has 0 amide bonds. The summed E-state index contributed by atoms with van der Waals surface area (Å²) in [6.07, 6.45) is 6.52. The van der Waals surface area contributed by atoms with E-state index in [2.05, 4.69) is 19.9 Å². The van der Waals surface area contributed by atoms with Crippen molar-refractivity contribution in [3.8, 4) is 0 Å². The summed E-state index contributed by atoms with van der Waals surface area (Å²) in [6.45, 7) is 1.37. The number of methoxy groups -OCH3 is 1. The Hall–Kier alpha value is -2.01. The van der Waals surface area contributed by atoms with Crippen LogP contribution in [0.2, 0.25) is 0 Å². The predicted molar refractivity (Wildman–Crippen MR) is 67.7 cm³/mol. The molecule has 0 bridgehead atoms. The fourth-order valence-electron chi connectivity index (χ4n) is 2.20. The number of ether oxygens (including phenoxy) is 1. The van der Waals surface area contributed by atoms with Crippen LogP contribution in [-0.4, -0.2) is 28.6 Å². The van der Waals surface area contributed by atoms with Crippen molar-refractivity contribution in [3.05, 3.63) is 42.1 Å². The number of rotatable bonds is 3. The minimum absolute atomic E-state index is 0.435. The zero-order valence-electron chi connectivity index (χ0n) is 10.2. The molecule has 1 aliphatic heterocycles. The molecule has 3 rings (SSSR count). The zero-order valence-corrected chi connectivity index (χ0v) is 10.2. The summed E-state index contributed by atoms with van der Waals surface area (Å²) < 4.78 is 5.06. The normalized spacial score (nSPS) is 13.7. The second-order valence-corrected chi connectivity index (χ2v) is 4.17. The van der Waals surface area contributed by atoms with Gasteiger partial charge >= 0.3 is 0 Å². The van der Waals surface area contributed by atoms with Gasteiger partial charge < -0.3 is 9.64 Å². The number of hydrogen-bond donors (Lipinski definition) is 0. The molecule has 5 heteroatoms. The SMILES string of the molecule is COCc1nccc(N2CCc3cnccc32)n1. The van der Waals surface area contributed by atoms with Gasteiger partial charge in [-0.15, -0.1) is 0 Å². The minimum atomic E-state index is 0.435. The molecule has 5 nitrogen and oxygen atoms in total. The highest BCUT2D eigenvalue weighted by molar-refractivity contribution is 5.66. The molecule has 0 unspecified atom stereocenters. The first-order chi connectivity index (χ1) is 8.88. The van der Waals surface area contributed by atoms with Crippen molar-refractivity contribution in [1.82, 2.24) is 15.0 Å². The lowest BCUT2D eigenvalue weighted by Gasteiger charge is -2.18. The van der Waals surface area contributed by atoms with E-state index in [0.717, 1.165) is 18.8 Å². The van der Waals surface area contributed by atoms with E-state index in [4.69, 9.17) is 4.74 Å². The quantitative estimate of drug-likeness (QED) is 0.820. The first-order valence-electron chi connectivity index (χ1n) is 5.90. The van der Waals surface area contributed by atoms with Crippen molar-refractivity contribution in [1.29, 1.82) is 0 Å². The molecule has 0 fully saturated rings. The summed E-state index contributed by atoms with van der Waals surface area (Å²) in [5, 5.41) is 0. The highest BCUT2D eigenvalue weighted by Crippen LogP contribution is 2.32. The van der Waals surface area contributed by atoms with E-state index in [1.54, 1.807) is 13.3 Å². The summed E-state index contributed by atoms with van der Waals surface area (Å²) in [6, 6.07) is 3.95. The Labute approximate surface area is 105 Å². The van der Waals surface area contributed by atoms with Crippen LogP contribution in [0.25, 0.3) is 0 Å². The largest absolute Gasteiger partial charge is 0.377 e. The van der Waals surface area contributed by atoms with Crippen LogP contribution < -0.4 is 4.90 Å². The van der Waals surface area contributed by atoms with Crippen LogP contribution >= 0.6 is 0 Å². The standard InChI is InChI=1S/C13H14N4O/c1-18-9-12-15-6-3-13(16-12)17-7-4-10-8-14-5-2-11(10)17/h2-3,5-6,8H,4,7,9H2,1H3. The number of anilines is 2. The Morgan fingerprint density at radius 3 is 3.17 bits per heavy atom. The van der Waals surface area contributed by atoms with Crippen LogP contribution in [-0.2, 0) is 17.8 Å². The van der Waals surface area contributed by atoms with Crippen LogP contribution in [0.3, 0.4) is 0 Å². The van der Waals surface area contributed by atoms with E-state index in [0.29, 0.717) is 12.4 Å². The molecule has 18 heavy (non-hydrogen) atoms. The molecule has 0 atom stereocenters. The Morgan fingerprint density at radius 1 is 1.33 bits per heavy atom.